The van der Waals surface area contributed by atoms with E-state index in [1.165, 1.54) is 11.1 Å². The number of pyridine rings is 1. The molecule has 0 radical (unpaired) electrons. The maximum absolute atomic E-state index is 12.9. The summed E-state index contributed by atoms with van der Waals surface area (Å²) in [5.41, 5.74) is 4.49. The summed E-state index contributed by atoms with van der Waals surface area (Å²) in [6.07, 6.45) is 1.71. The van der Waals surface area contributed by atoms with Crippen LogP contribution in [0.25, 0.3) is 11.2 Å². The number of hydrogen-bond acceptors (Lipinski definition) is 6. The molecule has 0 fully saturated rings. The molecule has 7 nitrogen and oxygen atoms in total. The summed E-state index contributed by atoms with van der Waals surface area (Å²) in [4.78, 5) is 22.0. The molecule has 8 heteroatoms. The molecule has 0 aliphatic rings. The standard InChI is InChI=1S/C24H24N4O3S/c1-16-6-4-7-17(12-16)15-32-24-27-19-8-5-11-25-23(19)28(24)14-22(29)26-18-9-10-20(30-2)21(13-18)31-3/h4-13H,14-15H2,1-3H3,(H,26,29). The second-order valence-electron chi connectivity index (χ2n) is 7.22. The predicted octanol–water partition coefficient (Wildman–Crippen LogP) is 4.69. The summed E-state index contributed by atoms with van der Waals surface area (Å²) in [6, 6.07) is 17.4. The largest absolute Gasteiger partial charge is 0.493 e. The highest BCUT2D eigenvalue weighted by Crippen LogP contribution is 2.30. The van der Waals surface area contributed by atoms with E-state index in [0.717, 1.165) is 16.4 Å². The van der Waals surface area contributed by atoms with Gasteiger partial charge in [0.1, 0.15) is 12.1 Å². The van der Waals surface area contributed by atoms with Gasteiger partial charge in [0, 0.05) is 23.7 Å². The minimum atomic E-state index is -0.181. The zero-order valence-electron chi connectivity index (χ0n) is 18.2. The number of aromatic nitrogens is 3. The topological polar surface area (TPSA) is 78.3 Å². The molecule has 0 saturated carbocycles. The highest BCUT2D eigenvalue weighted by atomic mass is 32.2. The Morgan fingerprint density at radius 2 is 1.91 bits per heavy atom. The van der Waals surface area contributed by atoms with Crippen molar-refractivity contribution in [1.82, 2.24) is 14.5 Å². The Kier molecular flexibility index (Phi) is 6.61. The van der Waals surface area contributed by atoms with Gasteiger partial charge in [-0.2, -0.15) is 0 Å². The lowest BCUT2D eigenvalue weighted by molar-refractivity contribution is -0.116. The van der Waals surface area contributed by atoms with Crippen molar-refractivity contribution in [3.8, 4) is 11.5 Å². The maximum Gasteiger partial charge on any atom is 0.244 e. The van der Waals surface area contributed by atoms with Crippen molar-refractivity contribution in [3.05, 3.63) is 71.9 Å². The smallest absolute Gasteiger partial charge is 0.244 e. The van der Waals surface area contributed by atoms with Crippen LogP contribution in [0.3, 0.4) is 0 Å². The number of methoxy groups -OCH3 is 2. The molecule has 0 atom stereocenters. The molecule has 0 unspecified atom stereocenters. The van der Waals surface area contributed by atoms with Crippen LogP contribution < -0.4 is 14.8 Å². The third-order valence-electron chi connectivity index (χ3n) is 4.89. The first-order chi connectivity index (χ1) is 15.6. The first-order valence-corrected chi connectivity index (χ1v) is 11.1. The van der Waals surface area contributed by atoms with Gasteiger partial charge in [-0.25, -0.2) is 9.97 Å². The SMILES string of the molecule is COc1ccc(NC(=O)Cn2c(SCc3cccc(C)c3)nc3cccnc32)cc1OC. The number of aryl methyl sites for hydroxylation is 1. The fourth-order valence-electron chi connectivity index (χ4n) is 3.40. The highest BCUT2D eigenvalue weighted by Gasteiger charge is 2.16. The average molecular weight is 449 g/mol. The normalized spacial score (nSPS) is 10.8. The lowest BCUT2D eigenvalue weighted by Crippen LogP contribution is -2.19. The number of ether oxygens (including phenoxy) is 2. The number of benzene rings is 2. The van der Waals surface area contributed by atoms with Crippen LogP contribution in [0.2, 0.25) is 0 Å². The van der Waals surface area contributed by atoms with E-state index in [9.17, 15) is 4.79 Å². The van der Waals surface area contributed by atoms with Crippen LogP contribution in [0.5, 0.6) is 11.5 Å². The van der Waals surface area contributed by atoms with Crippen molar-refractivity contribution in [1.29, 1.82) is 0 Å². The fourth-order valence-corrected chi connectivity index (χ4v) is 4.34. The monoisotopic (exact) mass is 448 g/mol. The Labute approximate surface area is 190 Å². The molecule has 0 bridgehead atoms. The van der Waals surface area contributed by atoms with Gasteiger partial charge in [-0.3, -0.25) is 9.36 Å². The van der Waals surface area contributed by atoms with Gasteiger partial charge >= 0.3 is 0 Å². The number of carbonyl (C=O) groups excluding carboxylic acids is 1. The van der Waals surface area contributed by atoms with Crippen LogP contribution >= 0.6 is 11.8 Å². The number of nitrogens with one attached hydrogen (secondary N) is 1. The van der Waals surface area contributed by atoms with Gasteiger partial charge in [-0.05, 0) is 36.8 Å². The van der Waals surface area contributed by atoms with E-state index in [2.05, 4.69) is 35.4 Å². The first-order valence-electron chi connectivity index (χ1n) is 10.1. The van der Waals surface area contributed by atoms with Crippen LogP contribution in [0.1, 0.15) is 11.1 Å². The molecule has 4 rings (SSSR count). The van der Waals surface area contributed by atoms with E-state index in [1.807, 2.05) is 22.8 Å². The third-order valence-corrected chi connectivity index (χ3v) is 5.94. The molecule has 0 spiro atoms. The number of thioether (sulfide) groups is 1. The number of hydrogen-bond donors (Lipinski definition) is 1. The number of nitrogens with zero attached hydrogens (tertiary/aromatic N) is 3. The molecule has 1 N–H and O–H groups in total. The van der Waals surface area contributed by atoms with Gasteiger partial charge in [0.15, 0.2) is 22.3 Å². The van der Waals surface area contributed by atoms with Gasteiger partial charge in [-0.1, -0.05) is 41.6 Å². The predicted molar refractivity (Wildman–Crippen MR) is 126 cm³/mol. The number of fused-ring (bicyclic) bond motifs is 1. The highest BCUT2D eigenvalue weighted by molar-refractivity contribution is 7.98. The summed E-state index contributed by atoms with van der Waals surface area (Å²) in [6.45, 7) is 2.17. The van der Waals surface area contributed by atoms with Gasteiger partial charge in [-0.15, -0.1) is 0 Å². The van der Waals surface area contributed by atoms with E-state index in [0.29, 0.717) is 22.8 Å². The van der Waals surface area contributed by atoms with Crippen molar-refractivity contribution in [2.75, 3.05) is 19.5 Å². The third kappa shape index (κ3) is 4.86. The molecule has 2 aromatic carbocycles. The number of imidazole rings is 1. The average Bonchev–Trinajstić information content (AvgIpc) is 3.15. The van der Waals surface area contributed by atoms with Gasteiger partial charge in [0.25, 0.3) is 0 Å². The Bertz CT molecular complexity index is 1260. The zero-order valence-corrected chi connectivity index (χ0v) is 19.0. The molecule has 0 aliphatic heterocycles. The molecular weight excluding hydrogens is 424 g/mol. The van der Waals surface area contributed by atoms with E-state index in [-0.39, 0.29) is 12.5 Å². The Morgan fingerprint density at radius 3 is 2.69 bits per heavy atom. The van der Waals surface area contributed by atoms with E-state index in [1.54, 1.807) is 50.4 Å². The summed E-state index contributed by atoms with van der Waals surface area (Å²) in [7, 11) is 3.13. The lowest BCUT2D eigenvalue weighted by atomic mass is 10.2. The molecule has 2 heterocycles. The van der Waals surface area contributed by atoms with Crippen LogP contribution in [0, 0.1) is 6.92 Å². The molecule has 164 valence electrons. The lowest BCUT2D eigenvalue weighted by Gasteiger charge is -2.12. The molecule has 32 heavy (non-hydrogen) atoms. The fraction of sp³-hybridized carbons (Fsp3) is 0.208. The van der Waals surface area contributed by atoms with Crippen molar-refractivity contribution >= 4 is 34.5 Å². The molecule has 2 aromatic heterocycles. The van der Waals surface area contributed by atoms with Gasteiger partial charge in [0.05, 0.1) is 14.2 Å². The number of rotatable bonds is 8. The van der Waals surface area contributed by atoms with Crippen molar-refractivity contribution in [3.63, 3.8) is 0 Å². The minimum absolute atomic E-state index is 0.0952. The number of anilines is 1. The number of amides is 1. The molecule has 1 amide bonds. The number of carbonyl (C=O) groups is 1. The van der Waals surface area contributed by atoms with Crippen molar-refractivity contribution in [2.24, 2.45) is 0 Å². The van der Waals surface area contributed by atoms with Gasteiger partial charge in [0.2, 0.25) is 5.91 Å². The van der Waals surface area contributed by atoms with E-state index in [4.69, 9.17) is 14.5 Å². The Balaban J connectivity index is 1.55. The quantitative estimate of drug-likeness (QED) is 0.394. The summed E-state index contributed by atoms with van der Waals surface area (Å²) in [5.74, 6) is 1.72. The minimum Gasteiger partial charge on any atom is -0.493 e. The summed E-state index contributed by atoms with van der Waals surface area (Å²) >= 11 is 1.59. The van der Waals surface area contributed by atoms with Crippen molar-refractivity contribution in [2.45, 2.75) is 24.4 Å². The second-order valence-corrected chi connectivity index (χ2v) is 8.16. The van der Waals surface area contributed by atoms with E-state index >= 15 is 0 Å². The first kappa shape index (κ1) is 21.7. The van der Waals surface area contributed by atoms with E-state index < -0.39 is 0 Å². The Morgan fingerprint density at radius 1 is 1.06 bits per heavy atom. The van der Waals surface area contributed by atoms with Crippen LogP contribution in [0.4, 0.5) is 5.69 Å². The van der Waals surface area contributed by atoms with Crippen molar-refractivity contribution < 1.29 is 14.3 Å². The van der Waals surface area contributed by atoms with Crippen LogP contribution in [-0.2, 0) is 17.1 Å². The summed E-state index contributed by atoms with van der Waals surface area (Å²) < 4.78 is 12.4. The maximum atomic E-state index is 12.9. The van der Waals surface area contributed by atoms with Crippen LogP contribution in [-0.4, -0.2) is 34.7 Å². The Hall–Kier alpha value is -3.52. The molecule has 0 aliphatic carbocycles. The second kappa shape index (κ2) is 9.74. The zero-order chi connectivity index (χ0) is 22.5. The molecular formula is C24H24N4O3S. The summed E-state index contributed by atoms with van der Waals surface area (Å²) in [5, 5.41) is 3.67. The van der Waals surface area contributed by atoms with Crippen LogP contribution in [0.15, 0.2) is 66.0 Å². The molecule has 4 aromatic rings. The molecule has 0 saturated heterocycles. The van der Waals surface area contributed by atoms with Gasteiger partial charge < -0.3 is 14.8 Å².